The molecule has 140 valence electrons. The highest BCUT2D eigenvalue weighted by molar-refractivity contribution is 5.73. The lowest BCUT2D eigenvalue weighted by atomic mass is 10.2. The molecule has 1 fully saturated rings. The van der Waals surface area contributed by atoms with Gasteiger partial charge in [-0.3, -0.25) is 4.79 Å². The third-order valence-electron chi connectivity index (χ3n) is 4.44. The zero-order chi connectivity index (χ0) is 19.2. The largest absolute Gasteiger partial charge is 0.354 e. The summed E-state index contributed by atoms with van der Waals surface area (Å²) in [6.07, 6.45) is 2.76. The van der Waals surface area contributed by atoms with Crippen molar-refractivity contribution in [1.82, 2.24) is 15.3 Å². The molecule has 1 amide bonds. The number of carbonyl (C=O) groups is 1. The summed E-state index contributed by atoms with van der Waals surface area (Å²) >= 11 is 0. The molecule has 0 spiro atoms. The fraction of sp³-hybridized carbons (Fsp3) is 0.400. The Kier molecular flexibility index (Phi) is 5.87. The summed E-state index contributed by atoms with van der Waals surface area (Å²) in [5.41, 5.74) is 2.35. The molecule has 0 aliphatic carbocycles. The highest BCUT2D eigenvalue weighted by atomic mass is 16.1. The van der Waals surface area contributed by atoms with Crippen LogP contribution in [0, 0.1) is 11.3 Å². The number of hydrogen-bond donors (Lipinski definition) is 2. The number of hydrogen-bond acceptors (Lipinski definition) is 6. The number of nitrogens with one attached hydrogen (secondary N) is 2. The predicted octanol–water partition coefficient (Wildman–Crippen LogP) is 2.76. The third kappa shape index (κ3) is 4.94. The van der Waals surface area contributed by atoms with Crippen LogP contribution < -0.4 is 15.5 Å². The number of aryl methyl sites for hydroxylation is 1. The van der Waals surface area contributed by atoms with E-state index < -0.39 is 0 Å². The molecular weight excluding hydrogens is 340 g/mol. The van der Waals surface area contributed by atoms with Crippen molar-refractivity contribution >= 4 is 23.4 Å². The summed E-state index contributed by atoms with van der Waals surface area (Å²) in [7, 11) is 0. The second-order valence-electron chi connectivity index (χ2n) is 6.74. The maximum atomic E-state index is 11.3. The molecule has 27 heavy (non-hydrogen) atoms. The van der Waals surface area contributed by atoms with Crippen molar-refractivity contribution in [3.05, 3.63) is 41.6 Å². The maximum Gasteiger partial charge on any atom is 0.229 e. The van der Waals surface area contributed by atoms with Gasteiger partial charge in [0, 0.05) is 43.5 Å². The lowest BCUT2D eigenvalue weighted by Gasteiger charge is -2.19. The van der Waals surface area contributed by atoms with Crippen molar-refractivity contribution in [2.45, 2.75) is 39.2 Å². The molecule has 1 atom stereocenters. The Labute approximate surface area is 159 Å². The lowest BCUT2D eigenvalue weighted by molar-refractivity contribution is -0.119. The van der Waals surface area contributed by atoms with Crippen LogP contribution >= 0.6 is 0 Å². The number of nitriles is 1. The van der Waals surface area contributed by atoms with Gasteiger partial charge in [0.25, 0.3) is 0 Å². The molecule has 1 aromatic carbocycles. The van der Waals surface area contributed by atoms with Crippen molar-refractivity contribution in [3.63, 3.8) is 0 Å². The van der Waals surface area contributed by atoms with E-state index in [1.54, 1.807) is 19.1 Å². The Morgan fingerprint density at radius 1 is 1.37 bits per heavy atom. The van der Waals surface area contributed by atoms with E-state index in [1.807, 2.05) is 18.2 Å². The van der Waals surface area contributed by atoms with Gasteiger partial charge in [0.1, 0.15) is 5.82 Å². The molecule has 1 saturated heterocycles. The topological polar surface area (TPSA) is 93.9 Å². The summed E-state index contributed by atoms with van der Waals surface area (Å²) < 4.78 is 0. The van der Waals surface area contributed by atoms with Gasteiger partial charge in [-0.1, -0.05) is 19.4 Å². The second kappa shape index (κ2) is 8.49. The third-order valence-corrected chi connectivity index (χ3v) is 4.44. The average Bonchev–Trinajstić information content (AvgIpc) is 3.10. The van der Waals surface area contributed by atoms with E-state index in [-0.39, 0.29) is 11.9 Å². The molecule has 0 radical (unpaired) electrons. The summed E-state index contributed by atoms with van der Waals surface area (Å²) in [6.45, 7) is 5.25. The minimum absolute atomic E-state index is 0.00376. The van der Waals surface area contributed by atoms with E-state index in [0.29, 0.717) is 11.5 Å². The standard InChI is InChI=1S/C20H24N6O/c1-3-5-16-11-19(26-9-8-18(13-26)22-14(2)27)25-20(23-16)24-17-7-4-6-15(10-17)12-21/h4,6-7,10-11,18H,3,5,8-9,13H2,1-2H3,(H,22,27)(H,23,24,25)/t18-/m0/s1. The number of aromatic nitrogens is 2. The average molecular weight is 364 g/mol. The van der Waals surface area contributed by atoms with Crippen molar-refractivity contribution in [1.29, 1.82) is 5.26 Å². The number of anilines is 3. The molecule has 0 bridgehead atoms. The van der Waals surface area contributed by atoms with E-state index in [2.05, 4.69) is 38.5 Å². The van der Waals surface area contributed by atoms with E-state index in [4.69, 9.17) is 5.26 Å². The van der Waals surface area contributed by atoms with Gasteiger partial charge >= 0.3 is 0 Å². The molecule has 2 aromatic rings. The monoisotopic (exact) mass is 364 g/mol. The Balaban J connectivity index is 1.82. The number of amides is 1. The number of benzene rings is 1. The highest BCUT2D eigenvalue weighted by Crippen LogP contribution is 2.23. The van der Waals surface area contributed by atoms with Crippen LogP contribution in [0.15, 0.2) is 30.3 Å². The van der Waals surface area contributed by atoms with Crippen LogP contribution in [0.25, 0.3) is 0 Å². The van der Waals surface area contributed by atoms with Gasteiger partial charge in [0.05, 0.1) is 11.6 Å². The first-order chi connectivity index (χ1) is 13.1. The van der Waals surface area contributed by atoms with E-state index in [1.165, 1.54) is 0 Å². The van der Waals surface area contributed by atoms with Crippen LogP contribution in [0.1, 0.15) is 37.9 Å². The van der Waals surface area contributed by atoms with Crippen LogP contribution in [0.2, 0.25) is 0 Å². The fourth-order valence-electron chi connectivity index (χ4n) is 3.25. The SMILES string of the molecule is CCCc1cc(N2CC[C@H](NC(C)=O)C2)nc(Nc2cccc(C#N)c2)n1. The molecule has 0 unspecified atom stereocenters. The quantitative estimate of drug-likeness (QED) is 0.818. The van der Waals surface area contributed by atoms with Gasteiger partial charge in [-0.15, -0.1) is 0 Å². The van der Waals surface area contributed by atoms with Crippen molar-refractivity contribution in [2.75, 3.05) is 23.3 Å². The van der Waals surface area contributed by atoms with Crippen LogP contribution in [-0.2, 0) is 11.2 Å². The van der Waals surface area contributed by atoms with Gasteiger partial charge in [0.2, 0.25) is 11.9 Å². The summed E-state index contributed by atoms with van der Waals surface area (Å²) in [4.78, 5) is 22.8. The number of rotatable bonds is 6. The van der Waals surface area contributed by atoms with E-state index >= 15 is 0 Å². The van der Waals surface area contributed by atoms with Gasteiger partial charge in [-0.05, 0) is 31.0 Å². The molecule has 7 nitrogen and oxygen atoms in total. The Morgan fingerprint density at radius 3 is 2.96 bits per heavy atom. The molecule has 1 aromatic heterocycles. The predicted molar refractivity (Wildman–Crippen MR) is 105 cm³/mol. The summed E-state index contributed by atoms with van der Waals surface area (Å²) in [5, 5.41) is 15.3. The van der Waals surface area contributed by atoms with Gasteiger partial charge in [-0.25, -0.2) is 4.98 Å². The van der Waals surface area contributed by atoms with Gasteiger partial charge in [0.15, 0.2) is 0 Å². The molecule has 3 rings (SSSR count). The zero-order valence-corrected chi connectivity index (χ0v) is 15.7. The fourth-order valence-corrected chi connectivity index (χ4v) is 3.25. The molecule has 2 N–H and O–H groups in total. The maximum absolute atomic E-state index is 11.3. The summed E-state index contributed by atoms with van der Waals surface area (Å²) in [6, 6.07) is 11.6. The molecule has 1 aliphatic rings. The van der Waals surface area contributed by atoms with E-state index in [0.717, 1.165) is 49.6 Å². The van der Waals surface area contributed by atoms with Crippen LogP contribution in [0.3, 0.4) is 0 Å². The van der Waals surface area contributed by atoms with Gasteiger partial charge < -0.3 is 15.5 Å². The molecule has 2 heterocycles. The summed E-state index contributed by atoms with van der Waals surface area (Å²) in [5.74, 6) is 1.38. The first-order valence-corrected chi connectivity index (χ1v) is 9.24. The number of nitrogens with zero attached hydrogens (tertiary/aromatic N) is 4. The second-order valence-corrected chi connectivity index (χ2v) is 6.74. The minimum atomic E-state index is -0.00376. The molecule has 0 saturated carbocycles. The van der Waals surface area contributed by atoms with Crippen molar-refractivity contribution in [3.8, 4) is 6.07 Å². The lowest BCUT2D eigenvalue weighted by Crippen LogP contribution is -2.35. The Hall–Kier alpha value is -3.14. The Morgan fingerprint density at radius 2 is 2.22 bits per heavy atom. The van der Waals surface area contributed by atoms with Crippen LogP contribution in [0.4, 0.5) is 17.5 Å². The first kappa shape index (κ1) is 18.6. The highest BCUT2D eigenvalue weighted by Gasteiger charge is 2.24. The zero-order valence-electron chi connectivity index (χ0n) is 15.7. The van der Waals surface area contributed by atoms with Crippen molar-refractivity contribution in [2.24, 2.45) is 0 Å². The Bertz CT molecular complexity index is 860. The first-order valence-electron chi connectivity index (χ1n) is 9.24. The van der Waals surface area contributed by atoms with E-state index in [9.17, 15) is 4.79 Å². The smallest absolute Gasteiger partial charge is 0.229 e. The van der Waals surface area contributed by atoms with Crippen LogP contribution in [0.5, 0.6) is 0 Å². The molecular formula is C20H24N6O. The van der Waals surface area contributed by atoms with Crippen molar-refractivity contribution < 1.29 is 4.79 Å². The van der Waals surface area contributed by atoms with Crippen LogP contribution in [-0.4, -0.2) is 35.0 Å². The molecule has 7 heteroatoms. The number of carbonyl (C=O) groups excluding carboxylic acids is 1. The molecule has 1 aliphatic heterocycles. The minimum Gasteiger partial charge on any atom is -0.354 e. The van der Waals surface area contributed by atoms with Gasteiger partial charge in [-0.2, -0.15) is 10.2 Å². The normalized spacial score (nSPS) is 16.0.